The standard InChI is InChI=1S/C17H13BrN2O2S/c18-14-8-6-13(7-9-14)15-11-23-16(19-15)20-17(21)22-10-12-4-2-1-3-5-12/h1-9,11H,10H2,(H,19,20,21). The predicted octanol–water partition coefficient (Wildman–Crippen LogP) is 5.32. The molecule has 0 atom stereocenters. The van der Waals surface area contributed by atoms with Crippen LogP contribution in [0.3, 0.4) is 0 Å². The molecule has 3 rings (SSSR count). The van der Waals surface area contributed by atoms with Gasteiger partial charge in [0.25, 0.3) is 0 Å². The van der Waals surface area contributed by atoms with Gasteiger partial charge in [0.1, 0.15) is 6.61 Å². The van der Waals surface area contributed by atoms with Gasteiger partial charge in [-0.15, -0.1) is 11.3 Å². The van der Waals surface area contributed by atoms with Gasteiger partial charge in [-0.1, -0.05) is 58.4 Å². The van der Waals surface area contributed by atoms with E-state index in [4.69, 9.17) is 4.74 Å². The van der Waals surface area contributed by atoms with Crippen molar-refractivity contribution >= 4 is 38.5 Å². The molecule has 0 unspecified atom stereocenters. The van der Waals surface area contributed by atoms with Crippen molar-refractivity contribution in [3.05, 3.63) is 70.0 Å². The van der Waals surface area contributed by atoms with Crippen LogP contribution in [0, 0.1) is 0 Å². The number of benzene rings is 2. The number of halogens is 1. The molecule has 116 valence electrons. The van der Waals surface area contributed by atoms with E-state index in [1.165, 1.54) is 11.3 Å². The van der Waals surface area contributed by atoms with Gasteiger partial charge < -0.3 is 4.74 Å². The van der Waals surface area contributed by atoms with Crippen LogP contribution in [-0.4, -0.2) is 11.1 Å². The van der Waals surface area contributed by atoms with Gasteiger partial charge in [0, 0.05) is 15.4 Å². The molecule has 0 spiro atoms. The average Bonchev–Trinajstić information content (AvgIpc) is 3.03. The molecule has 0 saturated carbocycles. The van der Waals surface area contributed by atoms with Crippen molar-refractivity contribution in [2.24, 2.45) is 0 Å². The van der Waals surface area contributed by atoms with Gasteiger partial charge in [-0.2, -0.15) is 0 Å². The number of anilines is 1. The largest absolute Gasteiger partial charge is 0.444 e. The normalized spacial score (nSPS) is 10.3. The minimum atomic E-state index is -0.509. The summed E-state index contributed by atoms with van der Waals surface area (Å²) >= 11 is 4.76. The highest BCUT2D eigenvalue weighted by atomic mass is 79.9. The summed E-state index contributed by atoms with van der Waals surface area (Å²) in [6, 6.07) is 17.4. The average molecular weight is 389 g/mol. The number of carbonyl (C=O) groups is 1. The molecule has 23 heavy (non-hydrogen) atoms. The summed E-state index contributed by atoms with van der Waals surface area (Å²) in [5, 5.41) is 5.06. The molecule has 1 aromatic heterocycles. The number of nitrogens with one attached hydrogen (secondary N) is 1. The second-order valence-corrected chi connectivity index (χ2v) is 6.51. The van der Waals surface area contributed by atoms with Crippen LogP contribution in [-0.2, 0) is 11.3 Å². The van der Waals surface area contributed by atoms with E-state index in [0.717, 1.165) is 21.3 Å². The van der Waals surface area contributed by atoms with Crippen molar-refractivity contribution < 1.29 is 9.53 Å². The minimum Gasteiger partial charge on any atom is -0.444 e. The maximum Gasteiger partial charge on any atom is 0.413 e. The van der Waals surface area contributed by atoms with Gasteiger partial charge in [0.2, 0.25) is 0 Å². The van der Waals surface area contributed by atoms with Crippen molar-refractivity contribution in [1.29, 1.82) is 0 Å². The third-order valence-electron chi connectivity index (χ3n) is 3.07. The number of hydrogen-bond acceptors (Lipinski definition) is 4. The number of amides is 1. The van der Waals surface area contributed by atoms with Gasteiger partial charge in [-0.25, -0.2) is 9.78 Å². The lowest BCUT2D eigenvalue weighted by atomic mass is 10.2. The molecule has 2 aromatic carbocycles. The van der Waals surface area contributed by atoms with Gasteiger partial charge in [-0.3, -0.25) is 5.32 Å². The molecule has 0 fully saturated rings. The Bertz CT molecular complexity index is 788. The molecular formula is C17H13BrN2O2S. The van der Waals surface area contributed by atoms with Crippen LogP contribution in [0.2, 0.25) is 0 Å². The molecule has 0 aliphatic heterocycles. The number of hydrogen-bond donors (Lipinski definition) is 1. The fourth-order valence-corrected chi connectivity index (χ4v) is 2.90. The first-order valence-electron chi connectivity index (χ1n) is 6.90. The first-order chi connectivity index (χ1) is 11.2. The number of thiazole rings is 1. The number of ether oxygens (including phenoxy) is 1. The number of aromatic nitrogens is 1. The first-order valence-corrected chi connectivity index (χ1v) is 8.57. The van der Waals surface area contributed by atoms with Crippen molar-refractivity contribution in [3.8, 4) is 11.3 Å². The second-order valence-electron chi connectivity index (χ2n) is 4.73. The molecule has 0 radical (unpaired) electrons. The highest BCUT2D eigenvalue weighted by molar-refractivity contribution is 9.10. The molecule has 0 aliphatic carbocycles. The minimum absolute atomic E-state index is 0.234. The summed E-state index contributed by atoms with van der Waals surface area (Å²) in [7, 11) is 0. The molecule has 1 N–H and O–H groups in total. The topological polar surface area (TPSA) is 51.2 Å². The summed E-state index contributed by atoms with van der Waals surface area (Å²) in [6.45, 7) is 0.234. The van der Waals surface area contributed by atoms with Crippen LogP contribution in [0.1, 0.15) is 5.56 Å². The first kappa shape index (κ1) is 15.7. The molecule has 1 heterocycles. The number of rotatable bonds is 4. The molecule has 0 aliphatic rings. The molecular weight excluding hydrogens is 376 g/mol. The van der Waals surface area contributed by atoms with Gasteiger partial charge in [0.05, 0.1) is 5.69 Å². The Labute approximate surface area is 146 Å². The molecule has 0 bridgehead atoms. The summed E-state index contributed by atoms with van der Waals surface area (Å²) in [5.41, 5.74) is 2.76. The maximum atomic E-state index is 11.8. The number of carbonyl (C=O) groups excluding carboxylic acids is 1. The summed E-state index contributed by atoms with van der Waals surface area (Å²) in [5.74, 6) is 0. The molecule has 6 heteroatoms. The van der Waals surface area contributed by atoms with Crippen LogP contribution in [0.4, 0.5) is 9.93 Å². The molecule has 3 aromatic rings. The summed E-state index contributed by atoms with van der Waals surface area (Å²) in [4.78, 5) is 16.2. The summed E-state index contributed by atoms with van der Waals surface area (Å²) < 4.78 is 6.19. The lowest BCUT2D eigenvalue weighted by molar-refractivity contribution is 0.155. The van der Waals surface area contributed by atoms with Crippen molar-refractivity contribution in [2.45, 2.75) is 6.61 Å². The van der Waals surface area contributed by atoms with E-state index in [9.17, 15) is 4.79 Å². The highest BCUT2D eigenvalue weighted by Gasteiger charge is 2.09. The number of nitrogens with zero attached hydrogens (tertiary/aromatic N) is 1. The fraction of sp³-hybridized carbons (Fsp3) is 0.0588. The van der Waals surface area contributed by atoms with Crippen LogP contribution in [0.5, 0.6) is 0 Å². The van der Waals surface area contributed by atoms with E-state index in [-0.39, 0.29) is 6.61 Å². The Balaban J connectivity index is 1.58. The van der Waals surface area contributed by atoms with Gasteiger partial charge in [-0.05, 0) is 17.7 Å². The Morgan fingerprint density at radius 3 is 2.61 bits per heavy atom. The Kier molecular flexibility index (Phi) is 5.05. The molecule has 0 saturated heterocycles. The van der Waals surface area contributed by atoms with Crippen molar-refractivity contribution in [1.82, 2.24) is 4.98 Å². The zero-order valence-corrected chi connectivity index (χ0v) is 14.4. The maximum absolute atomic E-state index is 11.8. The lowest BCUT2D eigenvalue weighted by Crippen LogP contribution is -2.13. The lowest BCUT2D eigenvalue weighted by Gasteiger charge is -2.04. The molecule has 1 amide bonds. The van der Waals surface area contributed by atoms with Crippen LogP contribution in [0.15, 0.2) is 64.5 Å². The highest BCUT2D eigenvalue weighted by Crippen LogP contribution is 2.26. The fourth-order valence-electron chi connectivity index (χ4n) is 1.93. The van der Waals surface area contributed by atoms with Gasteiger partial charge >= 0.3 is 6.09 Å². The smallest absolute Gasteiger partial charge is 0.413 e. The van der Waals surface area contributed by atoms with Crippen LogP contribution >= 0.6 is 27.3 Å². The second kappa shape index (κ2) is 7.39. The Morgan fingerprint density at radius 2 is 1.87 bits per heavy atom. The van der Waals surface area contributed by atoms with Crippen molar-refractivity contribution in [3.63, 3.8) is 0 Å². The Hall–Kier alpha value is -2.18. The Morgan fingerprint density at radius 1 is 1.13 bits per heavy atom. The predicted molar refractivity (Wildman–Crippen MR) is 95.5 cm³/mol. The van der Waals surface area contributed by atoms with E-state index in [1.807, 2.05) is 60.0 Å². The third kappa shape index (κ3) is 4.40. The SMILES string of the molecule is O=C(Nc1nc(-c2ccc(Br)cc2)cs1)OCc1ccccc1. The van der Waals surface area contributed by atoms with Gasteiger partial charge in [0.15, 0.2) is 5.13 Å². The zero-order valence-electron chi connectivity index (χ0n) is 12.0. The monoisotopic (exact) mass is 388 g/mol. The third-order valence-corrected chi connectivity index (χ3v) is 4.35. The van der Waals surface area contributed by atoms with E-state index in [2.05, 4.69) is 26.2 Å². The van der Waals surface area contributed by atoms with E-state index in [1.54, 1.807) is 0 Å². The quantitative estimate of drug-likeness (QED) is 0.657. The van der Waals surface area contributed by atoms with Crippen LogP contribution < -0.4 is 5.32 Å². The van der Waals surface area contributed by atoms with E-state index in [0.29, 0.717) is 5.13 Å². The van der Waals surface area contributed by atoms with Crippen molar-refractivity contribution in [2.75, 3.05) is 5.32 Å². The zero-order chi connectivity index (χ0) is 16.1. The van der Waals surface area contributed by atoms with E-state index >= 15 is 0 Å². The van der Waals surface area contributed by atoms with Crippen LogP contribution in [0.25, 0.3) is 11.3 Å². The molecule has 4 nitrogen and oxygen atoms in total. The van der Waals surface area contributed by atoms with E-state index < -0.39 is 6.09 Å². The summed E-state index contributed by atoms with van der Waals surface area (Å²) in [6.07, 6.45) is -0.509.